The van der Waals surface area contributed by atoms with Gasteiger partial charge in [0.15, 0.2) is 17.2 Å². The van der Waals surface area contributed by atoms with Crippen LogP contribution < -0.4 is 9.47 Å². The molecule has 23 heavy (non-hydrogen) atoms. The monoisotopic (exact) mass is 311 g/mol. The van der Waals surface area contributed by atoms with Crippen molar-refractivity contribution in [1.29, 1.82) is 0 Å². The number of benzene rings is 2. The lowest BCUT2D eigenvalue weighted by Crippen LogP contribution is -2.49. The van der Waals surface area contributed by atoms with Crippen molar-refractivity contribution in [3.05, 3.63) is 58.7 Å². The molecular formula is C18H17NO4. The molecule has 0 radical (unpaired) electrons. The largest absolute Gasteiger partial charge is 0.493 e. The van der Waals surface area contributed by atoms with Crippen LogP contribution in [-0.2, 0) is 12.1 Å². The van der Waals surface area contributed by atoms with Gasteiger partial charge < -0.3 is 19.5 Å². The second-order valence-corrected chi connectivity index (χ2v) is 5.79. The van der Waals surface area contributed by atoms with Gasteiger partial charge in [-0.3, -0.25) is 4.79 Å². The summed E-state index contributed by atoms with van der Waals surface area (Å²) in [6.45, 7) is 0.465. The fourth-order valence-corrected chi connectivity index (χ4v) is 3.65. The number of fused-ring (bicyclic) bond motifs is 5. The summed E-state index contributed by atoms with van der Waals surface area (Å²) in [7, 11) is 3.14. The van der Waals surface area contributed by atoms with E-state index >= 15 is 0 Å². The molecule has 1 atom stereocenters. The molecule has 118 valence electrons. The van der Waals surface area contributed by atoms with E-state index in [1.54, 1.807) is 32.4 Å². The molecule has 2 aromatic rings. The molecule has 2 aliphatic heterocycles. The Labute approximate surface area is 134 Å². The molecule has 0 fully saturated rings. The second kappa shape index (κ2) is 4.73. The van der Waals surface area contributed by atoms with Crippen LogP contribution in [0.3, 0.4) is 0 Å². The van der Waals surface area contributed by atoms with E-state index in [2.05, 4.69) is 0 Å². The molecule has 5 nitrogen and oxygen atoms in total. The quantitative estimate of drug-likeness (QED) is 0.920. The van der Waals surface area contributed by atoms with E-state index in [0.717, 1.165) is 5.56 Å². The lowest BCUT2D eigenvalue weighted by molar-refractivity contribution is -0.0564. The van der Waals surface area contributed by atoms with Crippen LogP contribution >= 0.6 is 0 Å². The van der Waals surface area contributed by atoms with Gasteiger partial charge >= 0.3 is 0 Å². The maximum Gasteiger partial charge on any atom is 0.257 e. The minimum Gasteiger partial charge on any atom is -0.493 e. The van der Waals surface area contributed by atoms with E-state index in [0.29, 0.717) is 41.2 Å². The highest BCUT2D eigenvalue weighted by molar-refractivity contribution is 6.00. The number of hydrogen-bond acceptors (Lipinski definition) is 4. The van der Waals surface area contributed by atoms with Crippen LogP contribution in [0.2, 0.25) is 0 Å². The molecule has 0 unspecified atom stereocenters. The molecule has 2 aromatic carbocycles. The third kappa shape index (κ3) is 1.68. The highest BCUT2D eigenvalue weighted by Crippen LogP contribution is 2.48. The minimum atomic E-state index is -1.44. The predicted octanol–water partition coefficient (Wildman–Crippen LogP) is 1.91. The third-order valence-electron chi connectivity index (χ3n) is 4.76. The Hall–Kier alpha value is -2.53. The van der Waals surface area contributed by atoms with Gasteiger partial charge in [0.1, 0.15) is 0 Å². The van der Waals surface area contributed by atoms with Crippen molar-refractivity contribution in [2.24, 2.45) is 0 Å². The van der Waals surface area contributed by atoms with Gasteiger partial charge in [0.2, 0.25) is 0 Å². The van der Waals surface area contributed by atoms with Crippen LogP contribution in [0.25, 0.3) is 0 Å². The van der Waals surface area contributed by atoms with Crippen LogP contribution in [-0.4, -0.2) is 36.7 Å². The molecule has 1 N–H and O–H groups in total. The normalized spacial score (nSPS) is 21.5. The standard InChI is InChI=1S/C18H17NO4/c1-22-15-9-11-7-8-19-17(20)12-5-3-4-6-13(12)18(19,21)14(11)10-16(15)23-2/h3-6,9-10,21H,7-8H2,1-2H3/t18-/m0/s1. The molecule has 0 aromatic heterocycles. The topological polar surface area (TPSA) is 59.0 Å². The number of hydrogen-bond donors (Lipinski definition) is 1. The Morgan fingerprint density at radius 1 is 1.09 bits per heavy atom. The Balaban J connectivity index is 2.00. The van der Waals surface area contributed by atoms with Crippen LogP contribution in [0.4, 0.5) is 0 Å². The summed E-state index contributed by atoms with van der Waals surface area (Å²) in [5.41, 5.74) is 1.38. The number of aliphatic hydroxyl groups is 1. The van der Waals surface area contributed by atoms with Gasteiger partial charge in [-0.05, 0) is 30.2 Å². The molecule has 4 rings (SSSR count). The van der Waals surface area contributed by atoms with Gasteiger partial charge in [-0.25, -0.2) is 0 Å². The molecule has 2 aliphatic rings. The van der Waals surface area contributed by atoms with Crippen LogP contribution in [0.15, 0.2) is 36.4 Å². The summed E-state index contributed by atoms with van der Waals surface area (Å²) >= 11 is 0. The van der Waals surface area contributed by atoms with Gasteiger partial charge in [-0.2, -0.15) is 0 Å². The summed E-state index contributed by atoms with van der Waals surface area (Å²) in [5.74, 6) is 1.03. The average Bonchev–Trinajstić information content (AvgIpc) is 2.82. The highest BCUT2D eigenvalue weighted by atomic mass is 16.5. The van der Waals surface area contributed by atoms with Crippen molar-refractivity contribution in [2.45, 2.75) is 12.1 Å². The zero-order chi connectivity index (χ0) is 16.2. The average molecular weight is 311 g/mol. The fourth-order valence-electron chi connectivity index (χ4n) is 3.65. The number of carbonyl (C=O) groups excluding carboxylic acids is 1. The number of nitrogens with zero attached hydrogens (tertiary/aromatic N) is 1. The molecule has 5 heteroatoms. The van der Waals surface area contributed by atoms with Crippen molar-refractivity contribution in [1.82, 2.24) is 4.90 Å². The summed E-state index contributed by atoms with van der Waals surface area (Å²) in [6.07, 6.45) is 0.664. The van der Waals surface area contributed by atoms with Crippen molar-refractivity contribution >= 4 is 5.91 Å². The zero-order valence-corrected chi connectivity index (χ0v) is 13.0. The SMILES string of the molecule is COc1cc2c(cc1OC)[C@@]1(O)c3ccccc3C(=O)N1CC2. The lowest BCUT2D eigenvalue weighted by Gasteiger charge is -2.40. The number of amides is 1. The number of ether oxygens (including phenoxy) is 2. The Morgan fingerprint density at radius 2 is 1.78 bits per heavy atom. The van der Waals surface area contributed by atoms with Crippen molar-refractivity contribution in [3.63, 3.8) is 0 Å². The minimum absolute atomic E-state index is 0.136. The van der Waals surface area contributed by atoms with E-state index in [4.69, 9.17) is 9.47 Å². The third-order valence-corrected chi connectivity index (χ3v) is 4.76. The first-order valence-electron chi connectivity index (χ1n) is 7.50. The lowest BCUT2D eigenvalue weighted by atomic mass is 9.86. The van der Waals surface area contributed by atoms with Gasteiger partial charge in [0, 0.05) is 23.2 Å². The summed E-state index contributed by atoms with van der Waals surface area (Å²) in [5, 5.41) is 11.5. The summed E-state index contributed by atoms with van der Waals surface area (Å²) < 4.78 is 10.7. The first kappa shape index (κ1) is 14.1. The molecule has 0 saturated heterocycles. The van der Waals surface area contributed by atoms with E-state index in [1.165, 1.54) is 4.90 Å². The molecule has 0 saturated carbocycles. The number of carbonyl (C=O) groups is 1. The molecule has 0 aliphatic carbocycles. The molecule has 1 amide bonds. The van der Waals surface area contributed by atoms with E-state index in [1.807, 2.05) is 18.2 Å². The second-order valence-electron chi connectivity index (χ2n) is 5.79. The van der Waals surface area contributed by atoms with Gasteiger partial charge in [0.25, 0.3) is 5.91 Å². The van der Waals surface area contributed by atoms with Crippen LogP contribution in [0.1, 0.15) is 27.0 Å². The molecule has 0 spiro atoms. The van der Waals surface area contributed by atoms with Crippen molar-refractivity contribution in [2.75, 3.05) is 20.8 Å². The Bertz CT molecular complexity index is 817. The molecular weight excluding hydrogens is 294 g/mol. The zero-order valence-electron chi connectivity index (χ0n) is 13.0. The van der Waals surface area contributed by atoms with Crippen LogP contribution in [0, 0.1) is 0 Å². The Morgan fingerprint density at radius 3 is 2.52 bits per heavy atom. The van der Waals surface area contributed by atoms with Crippen molar-refractivity contribution < 1.29 is 19.4 Å². The van der Waals surface area contributed by atoms with E-state index in [-0.39, 0.29) is 5.91 Å². The maximum absolute atomic E-state index is 12.6. The van der Waals surface area contributed by atoms with E-state index < -0.39 is 5.72 Å². The van der Waals surface area contributed by atoms with E-state index in [9.17, 15) is 9.90 Å². The summed E-state index contributed by atoms with van der Waals surface area (Å²) in [4.78, 5) is 14.2. The Kier molecular flexibility index (Phi) is 2.90. The highest BCUT2D eigenvalue weighted by Gasteiger charge is 2.52. The van der Waals surface area contributed by atoms with Gasteiger partial charge in [-0.1, -0.05) is 18.2 Å². The first-order chi connectivity index (χ1) is 11.1. The van der Waals surface area contributed by atoms with Gasteiger partial charge in [-0.15, -0.1) is 0 Å². The number of methoxy groups -OCH3 is 2. The first-order valence-corrected chi connectivity index (χ1v) is 7.50. The predicted molar refractivity (Wildman–Crippen MR) is 83.7 cm³/mol. The molecule has 0 bridgehead atoms. The van der Waals surface area contributed by atoms with Gasteiger partial charge in [0.05, 0.1) is 14.2 Å². The summed E-state index contributed by atoms with van der Waals surface area (Å²) in [6, 6.07) is 10.9. The number of rotatable bonds is 2. The smallest absolute Gasteiger partial charge is 0.257 e. The van der Waals surface area contributed by atoms with Crippen LogP contribution in [0.5, 0.6) is 11.5 Å². The maximum atomic E-state index is 12.6. The van der Waals surface area contributed by atoms with Crippen molar-refractivity contribution in [3.8, 4) is 11.5 Å². The molecule has 2 heterocycles. The fraction of sp³-hybridized carbons (Fsp3) is 0.278.